The van der Waals surface area contributed by atoms with E-state index >= 15 is 0 Å². The highest BCUT2D eigenvalue weighted by atomic mass is 16.3. The van der Waals surface area contributed by atoms with E-state index in [0.717, 1.165) is 30.4 Å². The molecular formula is C14H20O2. The van der Waals surface area contributed by atoms with Gasteiger partial charge in [-0.05, 0) is 36.2 Å². The van der Waals surface area contributed by atoms with E-state index in [9.17, 15) is 9.90 Å². The zero-order valence-corrected chi connectivity index (χ0v) is 10.3. The van der Waals surface area contributed by atoms with Crippen molar-refractivity contribution in [3.05, 3.63) is 23.3 Å². The van der Waals surface area contributed by atoms with Crippen LogP contribution < -0.4 is 0 Å². The summed E-state index contributed by atoms with van der Waals surface area (Å²) in [6.07, 6.45) is 2.01. The van der Waals surface area contributed by atoms with Gasteiger partial charge in [-0.25, -0.2) is 0 Å². The number of aliphatic hydroxyl groups is 1. The van der Waals surface area contributed by atoms with Gasteiger partial charge in [-0.2, -0.15) is 0 Å². The SMILES string of the molecule is C=C1C(=O)C2=C(CC(C(C)(C)C)CC2)C1O. The van der Waals surface area contributed by atoms with Crippen LogP contribution in [0.4, 0.5) is 0 Å². The van der Waals surface area contributed by atoms with E-state index in [1.807, 2.05) is 0 Å². The molecule has 0 spiro atoms. The fourth-order valence-corrected chi connectivity index (χ4v) is 2.77. The first-order chi connectivity index (χ1) is 7.32. The third kappa shape index (κ3) is 1.65. The minimum absolute atomic E-state index is 0.00476. The van der Waals surface area contributed by atoms with Crippen LogP contribution in [0.15, 0.2) is 23.3 Å². The molecule has 0 heterocycles. The third-order valence-electron chi connectivity index (χ3n) is 4.05. The largest absolute Gasteiger partial charge is 0.384 e. The fourth-order valence-electron chi connectivity index (χ4n) is 2.77. The van der Waals surface area contributed by atoms with Gasteiger partial charge in [0.1, 0.15) is 6.10 Å². The first-order valence-corrected chi connectivity index (χ1v) is 5.96. The van der Waals surface area contributed by atoms with Crippen LogP contribution in [0, 0.1) is 11.3 Å². The van der Waals surface area contributed by atoms with Crippen molar-refractivity contribution in [2.24, 2.45) is 11.3 Å². The van der Waals surface area contributed by atoms with E-state index in [-0.39, 0.29) is 11.2 Å². The Morgan fingerprint density at radius 2 is 2.00 bits per heavy atom. The molecule has 2 atom stereocenters. The van der Waals surface area contributed by atoms with Gasteiger partial charge in [0.25, 0.3) is 0 Å². The van der Waals surface area contributed by atoms with E-state index in [2.05, 4.69) is 27.4 Å². The summed E-state index contributed by atoms with van der Waals surface area (Å²) in [4.78, 5) is 11.8. The first kappa shape index (κ1) is 11.6. The Bertz CT molecular complexity index is 382. The van der Waals surface area contributed by atoms with Crippen LogP contribution in [-0.2, 0) is 4.79 Å². The van der Waals surface area contributed by atoms with Gasteiger partial charge < -0.3 is 5.11 Å². The number of ketones is 1. The molecule has 0 aromatic carbocycles. The van der Waals surface area contributed by atoms with Crippen molar-refractivity contribution in [3.8, 4) is 0 Å². The molecule has 2 heteroatoms. The van der Waals surface area contributed by atoms with Gasteiger partial charge >= 0.3 is 0 Å². The average molecular weight is 220 g/mol. The smallest absolute Gasteiger partial charge is 0.187 e. The lowest BCUT2D eigenvalue weighted by Gasteiger charge is -2.34. The number of Topliss-reactive ketones (excluding diaryl/α,β-unsaturated/α-hetero) is 1. The number of allylic oxidation sites excluding steroid dienone is 1. The molecule has 0 aliphatic heterocycles. The van der Waals surface area contributed by atoms with Crippen molar-refractivity contribution >= 4 is 5.78 Å². The molecule has 2 nitrogen and oxygen atoms in total. The highest BCUT2D eigenvalue weighted by Gasteiger charge is 2.40. The van der Waals surface area contributed by atoms with E-state index in [0.29, 0.717) is 11.5 Å². The summed E-state index contributed by atoms with van der Waals surface area (Å²) in [5.41, 5.74) is 2.41. The minimum atomic E-state index is -0.701. The second-order valence-electron chi connectivity index (χ2n) is 6.07. The molecule has 0 saturated carbocycles. The predicted molar refractivity (Wildman–Crippen MR) is 64.0 cm³/mol. The maximum atomic E-state index is 11.8. The third-order valence-corrected chi connectivity index (χ3v) is 4.05. The van der Waals surface area contributed by atoms with Crippen molar-refractivity contribution in [1.29, 1.82) is 0 Å². The van der Waals surface area contributed by atoms with E-state index in [1.54, 1.807) is 0 Å². The average Bonchev–Trinajstić information content (AvgIpc) is 2.43. The predicted octanol–water partition coefficient (Wildman–Crippen LogP) is 2.63. The second-order valence-corrected chi connectivity index (χ2v) is 6.07. The van der Waals surface area contributed by atoms with Gasteiger partial charge in [-0.3, -0.25) is 4.79 Å². The van der Waals surface area contributed by atoms with Crippen LogP contribution in [0.5, 0.6) is 0 Å². The molecule has 2 rings (SSSR count). The van der Waals surface area contributed by atoms with E-state index in [1.165, 1.54) is 0 Å². The molecule has 0 radical (unpaired) electrons. The summed E-state index contributed by atoms with van der Waals surface area (Å²) in [6.45, 7) is 10.4. The molecule has 0 aromatic heterocycles. The summed E-state index contributed by atoms with van der Waals surface area (Å²) < 4.78 is 0. The Morgan fingerprint density at radius 1 is 1.38 bits per heavy atom. The lowest BCUT2D eigenvalue weighted by atomic mass is 9.71. The van der Waals surface area contributed by atoms with E-state index in [4.69, 9.17) is 0 Å². The normalized spacial score (nSPS) is 31.0. The zero-order valence-electron chi connectivity index (χ0n) is 10.3. The Hall–Kier alpha value is -0.890. The Kier molecular flexibility index (Phi) is 2.58. The monoisotopic (exact) mass is 220 g/mol. The van der Waals surface area contributed by atoms with Crippen LogP contribution >= 0.6 is 0 Å². The number of aliphatic hydroxyl groups excluding tert-OH is 1. The number of carbonyl (C=O) groups excluding carboxylic acids is 1. The molecule has 88 valence electrons. The number of hydrogen-bond acceptors (Lipinski definition) is 2. The molecule has 0 fully saturated rings. The van der Waals surface area contributed by atoms with E-state index < -0.39 is 6.10 Å². The standard InChI is InChI=1S/C14H20O2/c1-8-12(15)10-6-5-9(14(2,3)4)7-11(10)13(8)16/h9,13,16H,1,5-7H2,2-4H3. The lowest BCUT2D eigenvalue weighted by Crippen LogP contribution is -2.25. The number of hydrogen-bond donors (Lipinski definition) is 1. The van der Waals surface area contributed by atoms with Crippen molar-refractivity contribution in [1.82, 2.24) is 0 Å². The van der Waals surface area contributed by atoms with Gasteiger partial charge in [0.2, 0.25) is 0 Å². The summed E-state index contributed by atoms with van der Waals surface area (Å²) >= 11 is 0. The van der Waals surface area contributed by atoms with Crippen molar-refractivity contribution < 1.29 is 9.90 Å². The molecule has 1 N–H and O–H groups in total. The highest BCUT2D eigenvalue weighted by Crippen LogP contribution is 2.45. The Balaban J connectivity index is 2.28. The lowest BCUT2D eigenvalue weighted by molar-refractivity contribution is -0.112. The van der Waals surface area contributed by atoms with Gasteiger partial charge in [0, 0.05) is 11.1 Å². The van der Waals surface area contributed by atoms with Crippen molar-refractivity contribution in [2.45, 2.75) is 46.1 Å². The van der Waals surface area contributed by atoms with Crippen LogP contribution in [0.25, 0.3) is 0 Å². The van der Waals surface area contributed by atoms with Crippen LogP contribution in [0.2, 0.25) is 0 Å². The van der Waals surface area contributed by atoms with Crippen molar-refractivity contribution in [2.75, 3.05) is 0 Å². The molecule has 2 aliphatic carbocycles. The number of rotatable bonds is 0. The summed E-state index contributed by atoms with van der Waals surface area (Å²) in [6, 6.07) is 0. The fraction of sp³-hybridized carbons (Fsp3) is 0.643. The maximum Gasteiger partial charge on any atom is 0.187 e. The van der Waals surface area contributed by atoms with Crippen LogP contribution in [0.3, 0.4) is 0 Å². The quantitative estimate of drug-likeness (QED) is 0.637. The Morgan fingerprint density at radius 3 is 2.56 bits per heavy atom. The van der Waals surface area contributed by atoms with Crippen LogP contribution in [0.1, 0.15) is 40.0 Å². The van der Waals surface area contributed by atoms with Crippen LogP contribution in [-0.4, -0.2) is 17.0 Å². The molecule has 16 heavy (non-hydrogen) atoms. The molecule has 2 aliphatic rings. The summed E-state index contributed by atoms with van der Waals surface area (Å²) in [5, 5.41) is 9.97. The second kappa shape index (κ2) is 3.56. The molecule has 0 saturated heterocycles. The van der Waals surface area contributed by atoms with Gasteiger partial charge in [-0.1, -0.05) is 27.4 Å². The topological polar surface area (TPSA) is 37.3 Å². The van der Waals surface area contributed by atoms with Crippen molar-refractivity contribution in [3.63, 3.8) is 0 Å². The van der Waals surface area contributed by atoms with Gasteiger partial charge in [-0.15, -0.1) is 0 Å². The first-order valence-electron chi connectivity index (χ1n) is 5.96. The van der Waals surface area contributed by atoms with Gasteiger partial charge in [0.15, 0.2) is 5.78 Å². The molecule has 2 unspecified atom stereocenters. The summed E-state index contributed by atoms with van der Waals surface area (Å²) in [7, 11) is 0. The maximum absolute atomic E-state index is 11.8. The van der Waals surface area contributed by atoms with Gasteiger partial charge in [0.05, 0.1) is 0 Å². The molecular weight excluding hydrogens is 200 g/mol. The molecule has 0 aromatic rings. The molecule has 0 amide bonds. The zero-order chi connectivity index (χ0) is 12.1. The summed E-state index contributed by atoms with van der Waals surface area (Å²) in [5.74, 6) is 0.550. The Labute approximate surface area is 97.0 Å². The minimum Gasteiger partial charge on any atom is -0.384 e. The molecule has 0 bridgehead atoms. The number of carbonyl (C=O) groups is 1. The highest BCUT2D eigenvalue weighted by molar-refractivity contribution is 6.12.